The molecule has 0 rings (SSSR count). The standard InChI is InChI=1S/CH2O3.Ca.Na/c2-1(3)4;;/h(H2,2,3,4);;/q;+2;+1. The predicted molar refractivity (Wildman–Crippen MR) is 16.4 cm³/mol. The van der Waals surface area contributed by atoms with Gasteiger partial charge in [-0.2, -0.15) is 0 Å². The molecule has 0 unspecified atom stereocenters. The van der Waals surface area contributed by atoms with Gasteiger partial charge in [-0.1, -0.05) is 0 Å². The minimum Gasteiger partial charge on any atom is -0.450 e. The van der Waals surface area contributed by atoms with Crippen LogP contribution in [0.1, 0.15) is 0 Å². The van der Waals surface area contributed by atoms with Crippen LogP contribution in [0.4, 0.5) is 4.79 Å². The van der Waals surface area contributed by atoms with Gasteiger partial charge in [0.25, 0.3) is 0 Å². The molecule has 5 heteroatoms. The quantitative estimate of drug-likeness (QED) is 0.336. The summed E-state index contributed by atoms with van der Waals surface area (Å²) in [6.45, 7) is 0. The zero-order chi connectivity index (χ0) is 3.58. The van der Waals surface area contributed by atoms with Gasteiger partial charge < -0.3 is 10.2 Å². The summed E-state index contributed by atoms with van der Waals surface area (Å²) in [5.41, 5.74) is 0. The Bertz CT molecular complexity index is 33.8. The number of carboxylic acid groups (broad SMARTS) is 2. The minimum absolute atomic E-state index is 0. The molecule has 0 aliphatic rings. The molecule has 0 aliphatic carbocycles. The predicted octanol–water partition coefficient (Wildman–Crippen LogP) is -3.15. The first-order valence-electron chi connectivity index (χ1n) is 0.651. The van der Waals surface area contributed by atoms with Gasteiger partial charge in [0.1, 0.15) is 0 Å². The second-order valence-electron chi connectivity index (χ2n) is 0.283. The van der Waals surface area contributed by atoms with Crippen molar-refractivity contribution in [1.29, 1.82) is 0 Å². The number of rotatable bonds is 0. The van der Waals surface area contributed by atoms with Gasteiger partial charge in [-0.25, -0.2) is 4.79 Å². The smallest absolute Gasteiger partial charge is 0.450 e. The maximum Gasteiger partial charge on any atom is 2.00 e. The van der Waals surface area contributed by atoms with E-state index in [1.54, 1.807) is 0 Å². The third kappa shape index (κ3) is 48.5. The Labute approximate surface area is 87.0 Å². The van der Waals surface area contributed by atoms with E-state index in [1.807, 2.05) is 0 Å². The van der Waals surface area contributed by atoms with Gasteiger partial charge >= 0.3 is 73.5 Å². The first-order chi connectivity index (χ1) is 1.73. The third-order valence-corrected chi connectivity index (χ3v) is 0. The van der Waals surface area contributed by atoms with Gasteiger partial charge in [-0.3, -0.25) is 0 Å². The monoisotopic (exact) mass is 125 g/mol. The summed E-state index contributed by atoms with van der Waals surface area (Å²) in [7, 11) is 0. The summed E-state index contributed by atoms with van der Waals surface area (Å²) in [5, 5.41) is 13.9. The molecular weight excluding hydrogens is 123 g/mol. The average Bonchev–Trinajstić information content (AvgIpc) is 0.811. The molecule has 0 saturated heterocycles. The molecule has 0 heterocycles. The average molecular weight is 125 g/mol. The van der Waals surface area contributed by atoms with Crippen LogP contribution in [0.25, 0.3) is 0 Å². The summed E-state index contributed by atoms with van der Waals surface area (Å²) in [6, 6.07) is 0. The van der Waals surface area contributed by atoms with Crippen molar-refractivity contribution < 1.29 is 44.6 Å². The van der Waals surface area contributed by atoms with Crippen LogP contribution in [0, 0.1) is 0 Å². The Hall–Kier alpha value is 1.53. The minimum atomic E-state index is -1.83. The van der Waals surface area contributed by atoms with Crippen molar-refractivity contribution in [1.82, 2.24) is 0 Å². The van der Waals surface area contributed by atoms with Gasteiger partial charge in [-0.15, -0.1) is 0 Å². The first-order valence-corrected chi connectivity index (χ1v) is 0.651. The SMILES string of the molecule is O=C(O)O.[Ca+2].[Na+]. The molecular formula is CH2CaNaO3+3. The van der Waals surface area contributed by atoms with E-state index in [9.17, 15) is 0 Å². The number of hydrogen-bond acceptors (Lipinski definition) is 1. The molecule has 0 atom stereocenters. The van der Waals surface area contributed by atoms with E-state index in [1.165, 1.54) is 0 Å². The molecule has 6 heavy (non-hydrogen) atoms. The van der Waals surface area contributed by atoms with Crippen molar-refractivity contribution in [3.63, 3.8) is 0 Å². The maximum atomic E-state index is 8.56. The summed E-state index contributed by atoms with van der Waals surface area (Å²) < 4.78 is 0. The van der Waals surface area contributed by atoms with Gasteiger partial charge in [-0.05, 0) is 0 Å². The molecule has 0 saturated carbocycles. The van der Waals surface area contributed by atoms with Crippen molar-refractivity contribution >= 4 is 43.9 Å². The molecule has 0 aromatic rings. The molecule has 2 N–H and O–H groups in total. The van der Waals surface area contributed by atoms with Crippen molar-refractivity contribution in [2.24, 2.45) is 0 Å². The topological polar surface area (TPSA) is 57.5 Å². The molecule has 3 nitrogen and oxygen atoms in total. The molecule has 0 spiro atoms. The van der Waals surface area contributed by atoms with Crippen molar-refractivity contribution in [2.75, 3.05) is 0 Å². The normalized spacial score (nSPS) is 4.00. The van der Waals surface area contributed by atoms with E-state index in [-0.39, 0.29) is 67.3 Å². The van der Waals surface area contributed by atoms with E-state index in [0.717, 1.165) is 0 Å². The van der Waals surface area contributed by atoms with Crippen LogP contribution in [0.5, 0.6) is 0 Å². The van der Waals surface area contributed by atoms with E-state index >= 15 is 0 Å². The summed E-state index contributed by atoms with van der Waals surface area (Å²) >= 11 is 0. The van der Waals surface area contributed by atoms with E-state index < -0.39 is 6.16 Å². The van der Waals surface area contributed by atoms with E-state index in [4.69, 9.17) is 15.0 Å². The summed E-state index contributed by atoms with van der Waals surface area (Å²) in [6.07, 6.45) is -1.83. The molecule has 0 aromatic carbocycles. The van der Waals surface area contributed by atoms with E-state index in [0.29, 0.717) is 0 Å². The van der Waals surface area contributed by atoms with Crippen LogP contribution < -0.4 is 29.6 Å². The fourth-order valence-electron chi connectivity index (χ4n) is 0. The van der Waals surface area contributed by atoms with Crippen LogP contribution >= 0.6 is 0 Å². The van der Waals surface area contributed by atoms with Crippen molar-refractivity contribution in [3.8, 4) is 0 Å². The molecule has 0 aromatic heterocycles. The van der Waals surface area contributed by atoms with Crippen LogP contribution in [0.15, 0.2) is 0 Å². The van der Waals surface area contributed by atoms with Gasteiger partial charge in [0.05, 0.1) is 0 Å². The van der Waals surface area contributed by atoms with Crippen LogP contribution in [-0.4, -0.2) is 54.1 Å². The van der Waals surface area contributed by atoms with E-state index in [2.05, 4.69) is 0 Å². The van der Waals surface area contributed by atoms with Crippen molar-refractivity contribution in [3.05, 3.63) is 0 Å². The van der Waals surface area contributed by atoms with Gasteiger partial charge in [0, 0.05) is 0 Å². The molecule has 0 amide bonds. The largest absolute Gasteiger partial charge is 2.00 e. The summed E-state index contributed by atoms with van der Waals surface area (Å²) in [5.74, 6) is 0. The first kappa shape index (κ1) is 15.6. The second kappa shape index (κ2) is 9.73. The summed E-state index contributed by atoms with van der Waals surface area (Å²) in [4.78, 5) is 8.56. The molecule has 0 aliphatic heterocycles. The van der Waals surface area contributed by atoms with Crippen LogP contribution in [0.2, 0.25) is 0 Å². The molecule has 0 radical (unpaired) electrons. The third-order valence-electron chi connectivity index (χ3n) is 0. The Kier molecular flexibility index (Phi) is 25.4. The fraction of sp³-hybridized carbons (Fsp3) is 0. The Balaban J connectivity index is -0.0000000450. The molecule has 0 bridgehead atoms. The number of carbonyl (C=O) groups is 1. The Morgan fingerprint density at radius 3 is 1.33 bits per heavy atom. The van der Waals surface area contributed by atoms with Gasteiger partial charge in [0.15, 0.2) is 0 Å². The zero-order valence-corrected chi connectivity index (χ0v) is 7.72. The zero-order valence-electron chi connectivity index (χ0n) is 3.51. The molecule has 24 valence electrons. The maximum absolute atomic E-state index is 8.56. The van der Waals surface area contributed by atoms with Crippen molar-refractivity contribution in [2.45, 2.75) is 0 Å². The number of hydrogen-bond donors (Lipinski definition) is 2. The second-order valence-corrected chi connectivity index (χ2v) is 0.283. The fourth-order valence-corrected chi connectivity index (χ4v) is 0. The van der Waals surface area contributed by atoms with Crippen LogP contribution in [0.3, 0.4) is 0 Å². The molecule has 0 fully saturated rings. The van der Waals surface area contributed by atoms with Crippen LogP contribution in [-0.2, 0) is 0 Å². The Morgan fingerprint density at radius 1 is 1.33 bits per heavy atom. The Morgan fingerprint density at radius 2 is 1.33 bits per heavy atom. The van der Waals surface area contributed by atoms with Gasteiger partial charge in [0.2, 0.25) is 0 Å².